The van der Waals surface area contributed by atoms with Crippen molar-refractivity contribution in [3.8, 4) is 5.75 Å². The van der Waals surface area contributed by atoms with Crippen LogP contribution in [-0.4, -0.2) is 6.10 Å². The monoisotopic (exact) mass is 290 g/mol. The van der Waals surface area contributed by atoms with Crippen molar-refractivity contribution >= 4 is 0 Å². The molecule has 0 saturated carbocycles. The van der Waals surface area contributed by atoms with Gasteiger partial charge < -0.3 is 4.74 Å². The lowest BCUT2D eigenvalue weighted by atomic mass is 9.85. The Labute approximate surface area is 132 Å². The second-order valence-electron chi connectivity index (χ2n) is 7.20. The summed E-state index contributed by atoms with van der Waals surface area (Å²) >= 11 is 0. The van der Waals surface area contributed by atoms with E-state index in [0.717, 1.165) is 12.2 Å². The molecule has 1 nitrogen and oxygen atoms in total. The zero-order valence-electron chi connectivity index (χ0n) is 14.5. The first kappa shape index (κ1) is 18.1. The van der Waals surface area contributed by atoms with Gasteiger partial charge in [0.25, 0.3) is 0 Å². The van der Waals surface area contributed by atoms with E-state index in [2.05, 4.69) is 39.8 Å². The topological polar surface area (TPSA) is 9.23 Å². The summed E-state index contributed by atoms with van der Waals surface area (Å²) in [7, 11) is 0. The van der Waals surface area contributed by atoms with Crippen LogP contribution in [0.4, 0.5) is 0 Å². The average Bonchev–Trinajstić information content (AvgIpc) is 2.45. The molecule has 0 fully saturated rings. The molecule has 0 aromatic heterocycles. The molecule has 0 aliphatic carbocycles. The van der Waals surface area contributed by atoms with E-state index in [1.807, 2.05) is 18.2 Å². The molecule has 120 valence electrons. The van der Waals surface area contributed by atoms with Crippen LogP contribution >= 0.6 is 0 Å². The molecule has 0 saturated heterocycles. The van der Waals surface area contributed by atoms with Crippen molar-refractivity contribution in [3.05, 3.63) is 30.3 Å². The van der Waals surface area contributed by atoms with E-state index in [1.54, 1.807) is 0 Å². The van der Waals surface area contributed by atoms with Gasteiger partial charge in [-0.2, -0.15) is 0 Å². The number of ether oxygens (including phenoxy) is 1. The fourth-order valence-electron chi connectivity index (χ4n) is 2.62. The van der Waals surface area contributed by atoms with Gasteiger partial charge in [0.2, 0.25) is 0 Å². The second-order valence-corrected chi connectivity index (χ2v) is 7.20. The Morgan fingerprint density at radius 3 is 2.00 bits per heavy atom. The molecular weight excluding hydrogens is 256 g/mol. The fraction of sp³-hybridized carbons (Fsp3) is 0.700. The van der Waals surface area contributed by atoms with E-state index in [4.69, 9.17) is 4.74 Å². The predicted octanol–water partition coefficient (Wildman–Crippen LogP) is 6.62. The van der Waals surface area contributed by atoms with Gasteiger partial charge in [-0.25, -0.2) is 0 Å². The summed E-state index contributed by atoms with van der Waals surface area (Å²) in [4.78, 5) is 0. The summed E-state index contributed by atoms with van der Waals surface area (Å²) in [6.07, 6.45) is 11.0. The highest BCUT2D eigenvalue weighted by atomic mass is 16.5. The van der Waals surface area contributed by atoms with Gasteiger partial charge >= 0.3 is 0 Å². The summed E-state index contributed by atoms with van der Waals surface area (Å²) in [5, 5.41) is 0. The van der Waals surface area contributed by atoms with Gasteiger partial charge in [0, 0.05) is 0 Å². The Morgan fingerprint density at radius 1 is 0.857 bits per heavy atom. The van der Waals surface area contributed by atoms with Crippen LogP contribution in [-0.2, 0) is 0 Å². The van der Waals surface area contributed by atoms with Crippen molar-refractivity contribution < 1.29 is 4.74 Å². The van der Waals surface area contributed by atoms with Gasteiger partial charge in [-0.1, -0.05) is 84.4 Å². The molecule has 0 amide bonds. The number of para-hydroxylation sites is 1. The second kappa shape index (κ2) is 9.87. The van der Waals surface area contributed by atoms with Gasteiger partial charge in [-0.15, -0.1) is 0 Å². The number of benzene rings is 1. The van der Waals surface area contributed by atoms with Crippen LogP contribution in [0.15, 0.2) is 30.3 Å². The molecule has 0 heterocycles. The standard InChI is InChI=1S/C20H34O/c1-5-6-7-8-9-10-14-17-19(20(2,3)4)21-18-15-12-11-13-16-18/h11-13,15-16,19H,5-10,14,17H2,1-4H3. The Kier molecular flexibility index (Phi) is 8.49. The van der Waals surface area contributed by atoms with Crippen LogP contribution in [0, 0.1) is 5.41 Å². The van der Waals surface area contributed by atoms with Crippen LogP contribution in [0.25, 0.3) is 0 Å². The van der Waals surface area contributed by atoms with E-state index in [0.29, 0.717) is 6.10 Å². The van der Waals surface area contributed by atoms with E-state index in [-0.39, 0.29) is 5.41 Å². The summed E-state index contributed by atoms with van der Waals surface area (Å²) in [5.41, 5.74) is 0.193. The SMILES string of the molecule is CCCCCCCCCC(Oc1ccccc1)C(C)(C)C. The molecule has 0 aliphatic rings. The third-order valence-corrected chi connectivity index (χ3v) is 4.06. The quantitative estimate of drug-likeness (QED) is 0.440. The molecule has 0 bridgehead atoms. The minimum absolute atomic E-state index is 0.193. The maximum absolute atomic E-state index is 6.22. The van der Waals surface area contributed by atoms with Crippen molar-refractivity contribution in [3.63, 3.8) is 0 Å². The lowest BCUT2D eigenvalue weighted by molar-refractivity contribution is 0.0763. The molecule has 0 spiro atoms. The maximum atomic E-state index is 6.22. The molecule has 1 heteroatoms. The Morgan fingerprint density at radius 2 is 1.43 bits per heavy atom. The Hall–Kier alpha value is -0.980. The molecule has 0 N–H and O–H groups in total. The van der Waals surface area contributed by atoms with E-state index in [9.17, 15) is 0 Å². The summed E-state index contributed by atoms with van der Waals surface area (Å²) in [6, 6.07) is 10.2. The van der Waals surface area contributed by atoms with Gasteiger partial charge in [0.1, 0.15) is 11.9 Å². The zero-order valence-corrected chi connectivity index (χ0v) is 14.5. The maximum Gasteiger partial charge on any atom is 0.119 e. The van der Waals surface area contributed by atoms with E-state index in [1.165, 1.54) is 44.9 Å². The van der Waals surface area contributed by atoms with E-state index < -0.39 is 0 Å². The number of hydrogen-bond acceptors (Lipinski definition) is 1. The summed E-state index contributed by atoms with van der Waals surface area (Å²) in [5.74, 6) is 1.00. The first-order valence-electron chi connectivity index (χ1n) is 8.75. The Balaban J connectivity index is 2.31. The summed E-state index contributed by atoms with van der Waals surface area (Å²) in [6.45, 7) is 9.11. The lowest BCUT2D eigenvalue weighted by Crippen LogP contribution is -2.32. The third kappa shape index (κ3) is 8.14. The predicted molar refractivity (Wildman–Crippen MR) is 92.9 cm³/mol. The molecule has 1 rings (SSSR count). The van der Waals surface area contributed by atoms with Gasteiger partial charge in [0.15, 0.2) is 0 Å². The molecule has 0 aliphatic heterocycles. The molecule has 21 heavy (non-hydrogen) atoms. The molecule has 0 radical (unpaired) electrons. The van der Waals surface area contributed by atoms with Crippen molar-refractivity contribution in [2.75, 3.05) is 0 Å². The third-order valence-electron chi connectivity index (χ3n) is 4.06. The van der Waals surface area contributed by atoms with Gasteiger partial charge in [-0.05, 0) is 30.4 Å². The normalized spacial score (nSPS) is 13.1. The van der Waals surface area contributed by atoms with Crippen LogP contribution in [0.1, 0.15) is 79.1 Å². The summed E-state index contributed by atoms with van der Waals surface area (Å²) < 4.78 is 6.22. The smallest absolute Gasteiger partial charge is 0.119 e. The number of unbranched alkanes of at least 4 members (excludes halogenated alkanes) is 6. The van der Waals surface area contributed by atoms with Crippen molar-refractivity contribution in [1.29, 1.82) is 0 Å². The molecule has 1 aromatic carbocycles. The molecule has 1 aromatic rings. The van der Waals surface area contributed by atoms with Crippen molar-refractivity contribution in [2.24, 2.45) is 5.41 Å². The zero-order chi connectivity index (χ0) is 15.6. The first-order valence-corrected chi connectivity index (χ1v) is 8.75. The van der Waals surface area contributed by atoms with Crippen LogP contribution < -0.4 is 4.74 Å². The van der Waals surface area contributed by atoms with Crippen LogP contribution in [0.5, 0.6) is 5.75 Å². The minimum Gasteiger partial charge on any atom is -0.490 e. The fourth-order valence-corrected chi connectivity index (χ4v) is 2.62. The first-order chi connectivity index (χ1) is 10.0. The Bertz CT molecular complexity index is 350. The highest BCUT2D eigenvalue weighted by molar-refractivity contribution is 5.21. The molecular formula is C20H34O. The van der Waals surface area contributed by atoms with Crippen molar-refractivity contribution in [1.82, 2.24) is 0 Å². The van der Waals surface area contributed by atoms with Crippen molar-refractivity contribution in [2.45, 2.75) is 85.2 Å². The minimum atomic E-state index is 0.193. The number of hydrogen-bond donors (Lipinski definition) is 0. The van der Waals surface area contributed by atoms with Gasteiger partial charge in [0.05, 0.1) is 0 Å². The van der Waals surface area contributed by atoms with Gasteiger partial charge in [-0.3, -0.25) is 0 Å². The lowest BCUT2D eigenvalue weighted by Gasteiger charge is -2.31. The van der Waals surface area contributed by atoms with Crippen LogP contribution in [0.2, 0.25) is 0 Å². The average molecular weight is 290 g/mol. The number of rotatable bonds is 10. The molecule has 1 atom stereocenters. The van der Waals surface area contributed by atoms with E-state index >= 15 is 0 Å². The highest BCUT2D eigenvalue weighted by Gasteiger charge is 2.25. The largest absolute Gasteiger partial charge is 0.490 e. The molecule has 1 unspecified atom stereocenters. The highest BCUT2D eigenvalue weighted by Crippen LogP contribution is 2.28. The van der Waals surface area contributed by atoms with Crippen LogP contribution in [0.3, 0.4) is 0 Å².